The standard InChI is InChI=1S/C31H23BrClFN4O3S/c1-40-28-14-22(26(32)15-29(28)41-17-19-3-2-4-24(34)13-19)16-35-38-30(39)21-7-5-20(6-8-21)27-18-42-31(37-27)36-25-11-9-23(33)10-12-25/h2-16,18H,17H2,1H3,(H,36,37)(H,38,39)/b35-16-. The number of anilines is 2. The van der Waals surface area contributed by atoms with Gasteiger partial charge in [0.05, 0.1) is 19.0 Å². The van der Waals surface area contributed by atoms with Crippen molar-refractivity contribution in [3.8, 4) is 22.8 Å². The van der Waals surface area contributed by atoms with Gasteiger partial charge < -0.3 is 14.8 Å². The molecule has 0 saturated carbocycles. The Morgan fingerprint density at radius 1 is 1.07 bits per heavy atom. The fourth-order valence-electron chi connectivity index (χ4n) is 3.85. The minimum Gasteiger partial charge on any atom is -0.493 e. The molecule has 11 heteroatoms. The molecule has 0 aliphatic carbocycles. The predicted octanol–water partition coefficient (Wildman–Crippen LogP) is 8.46. The summed E-state index contributed by atoms with van der Waals surface area (Å²) in [4.78, 5) is 17.3. The first kappa shape index (κ1) is 29.2. The first-order valence-corrected chi connectivity index (χ1v) is 14.6. The van der Waals surface area contributed by atoms with Crippen LogP contribution in [0.25, 0.3) is 11.3 Å². The van der Waals surface area contributed by atoms with Crippen LogP contribution in [0.2, 0.25) is 5.02 Å². The number of benzene rings is 4. The molecular formula is C31H23BrClFN4O3S. The van der Waals surface area contributed by atoms with Crippen LogP contribution < -0.4 is 20.2 Å². The summed E-state index contributed by atoms with van der Waals surface area (Å²) in [7, 11) is 1.52. The van der Waals surface area contributed by atoms with E-state index in [2.05, 4.69) is 36.8 Å². The molecule has 0 aliphatic rings. The zero-order valence-electron chi connectivity index (χ0n) is 22.1. The fraction of sp³-hybridized carbons (Fsp3) is 0.0645. The normalized spacial score (nSPS) is 11.0. The molecule has 0 atom stereocenters. The molecule has 0 aliphatic heterocycles. The van der Waals surface area contributed by atoms with Crippen molar-refractivity contribution in [2.45, 2.75) is 6.61 Å². The lowest BCUT2D eigenvalue weighted by Crippen LogP contribution is -2.17. The summed E-state index contributed by atoms with van der Waals surface area (Å²) in [5.74, 6) is 0.249. The molecule has 0 radical (unpaired) electrons. The Kier molecular flexibility index (Phi) is 9.48. The number of hydrogen-bond donors (Lipinski definition) is 2. The Morgan fingerprint density at radius 3 is 2.60 bits per heavy atom. The van der Waals surface area contributed by atoms with Crippen molar-refractivity contribution in [3.63, 3.8) is 0 Å². The van der Waals surface area contributed by atoms with Gasteiger partial charge in [-0.05, 0) is 82.2 Å². The molecule has 0 bridgehead atoms. The lowest BCUT2D eigenvalue weighted by atomic mass is 10.1. The third-order valence-corrected chi connectivity index (χ3v) is 7.68. The third-order valence-electron chi connectivity index (χ3n) is 5.98. The van der Waals surface area contributed by atoms with E-state index in [1.807, 2.05) is 41.8 Å². The predicted molar refractivity (Wildman–Crippen MR) is 169 cm³/mol. The molecule has 5 aromatic rings. The van der Waals surface area contributed by atoms with E-state index in [0.29, 0.717) is 37.7 Å². The van der Waals surface area contributed by atoms with E-state index in [1.54, 1.807) is 36.4 Å². The molecule has 2 N–H and O–H groups in total. The van der Waals surface area contributed by atoms with Crippen molar-refractivity contribution in [2.24, 2.45) is 5.10 Å². The third kappa shape index (κ3) is 7.52. The molecule has 0 unspecified atom stereocenters. The van der Waals surface area contributed by atoms with E-state index in [0.717, 1.165) is 22.1 Å². The number of amides is 1. The minimum absolute atomic E-state index is 0.173. The number of halogens is 3. The highest BCUT2D eigenvalue weighted by Gasteiger charge is 2.11. The van der Waals surface area contributed by atoms with E-state index in [9.17, 15) is 9.18 Å². The van der Waals surface area contributed by atoms with Gasteiger partial charge in [0.1, 0.15) is 12.4 Å². The maximum atomic E-state index is 13.5. The average molecular weight is 666 g/mol. The van der Waals surface area contributed by atoms with Crippen molar-refractivity contribution in [1.82, 2.24) is 10.4 Å². The molecule has 0 spiro atoms. The van der Waals surface area contributed by atoms with Gasteiger partial charge >= 0.3 is 0 Å². The van der Waals surface area contributed by atoms with Gasteiger partial charge in [-0.2, -0.15) is 5.10 Å². The number of rotatable bonds is 10. The van der Waals surface area contributed by atoms with Gasteiger partial charge in [0.25, 0.3) is 5.91 Å². The Balaban J connectivity index is 1.19. The van der Waals surface area contributed by atoms with Crippen LogP contribution in [-0.2, 0) is 6.61 Å². The molecular weight excluding hydrogens is 643 g/mol. The number of thiazole rings is 1. The topological polar surface area (TPSA) is 84.8 Å². The van der Waals surface area contributed by atoms with Crippen LogP contribution in [0.3, 0.4) is 0 Å². The van der Waals surface area contributed by atoms with Crippen molar-refractivity contribution in [3.05, 3.63) is 122 Å². The number of carbonyl (C=O) groups is 1. The SMILES string of the molecule is COc1cc(/C=N\NC(=O)c2ccc(-c3csc(Nc4ccc(Cl)cc4)n3)cc2)c(Br)cc1OCc1cccc(F)c1. The number of aromatic nitrogens is 1. The quantitative estimate of drug-likeness (QED) is 0.116. The number of hydrazone groups is 1. The lowest BCUT2D eigenvalue weighted by molar-refractivity contribution is 0.0955. The first-order valence-electron chi connectivity index (χ1n) is 12.5. The smallest absolute Gasteiger partial charge is 0.271 e. The zero-order chi connectivity index (χ0) is 29.5. The number of carbonyl (C=O) groups excluding carboxylic acids is 1. The van der Waals surface area contributed by atoms with Crippen molar-refractivity contribution in [2.75, 3.05) is 12.4 Å². The molecule has 4 aromatic carbocycles. The molecule has 1 heterocycles. The fourth-order valence-corrected chi connectivity index (χ4v) is 5.14. The zero-order valence-corrected chi connectivity index (χ0v) is 25.3. The molecule has 42 heavy (non-hydrogen) atoms. The van der Waals surface area contributed by atoms with Crippen molar-refractivity contribution >= 4 is 61.8 Å². The molecule has 1 aromatic heterocycles. The number of ether oxygens (including phenoxy) is 2. The number of methoxy groups -OCH3 is 1. The number of nitrogens with zero attached hydrogens (tertiary/aromatic N) is 2. The summed E-state index contributed by atoms with van der Waals surface area (Å²) < 4.78 is 25.4. The van der Waals surface area contributed by atoms with Crippen LogP contribution >= 0.6 is 38.9 Å². The molecule has 5 rings (SSSR count). The summed E-state index contributed by atoms with van der Waals surface area (Å²) in [6.45, 7) is 0.173. The highest BCUT2D eigenvalue weighted by Crippen LogP contribution is 2.33. The Morgan fingerprint density at radius 2 is 1.86 bits per heavy atom. The van der Waals surface area contributed by atoms with Crippen molar-refractivity contribution < 1.29 is 18.7 Å². The average Bonchev–Trinajstić information content (AvgIpc) is 3.46. The number of nitrogens with one attached hydrogen (secondary N) is 2. The van der Waals surface area contributed by atoms with Gasteiger partial charge in [-0.15, -0.1) is 11.3 Å². The van der Waals surface area contributed by atoms with Crippen LogP contribution in [0.4, 0.5) is 15.2 Å². The van der Waals surface area contributed by atoms with E-state index in [4.69, 9.17) is 21.1 Å². The lowest BCUT2D eigenvalue weighted by Gasteiger charge is -2.13. The highest BCUT2D eigenvalue weighted by atomic mass is 79.9. The highest BCUT2D eigenvalue weighted by molar-refractivity contribution is 9.10. The van der Waals surface area contributed by atoms with Crippen LogP contribution in [0.1, 0.15) is 21.5 Å². The Labute approximate surface area is 259 Å². The van der Waals surface area contributed by atoms with E-state index >= 15 is 0 Å². The number of hydrogen-bond acceptors (Lipinski definition) is 7. The van der Waals surface area contributed by atoms with Gasteiger partial charge in [-0.25, -0.2) is 14.8 Å². The van der Waals surface area contributed by atoms with Crippen LogP contribution in [-0.4, -0.2) is 24.2 Å². The van der Waals surface area contributed by atoms with Crippen LogP contribution in [0, 0.1) is 5.82 Å². The van der Waals surface area contributed by atoms with Crippen molar-refractivity contribution in [1.29, 1.82) is 0 Å². The summed E-state index contributed by atoms with van der Waals surface area (Å²) in [5, 5.41) is 10.7. The summed E-state index contributed by atoms with van der Waals surface area (Å²) in [6, 6.07) is 24.1. The second-order valence-corrected chi connectivity index (χ2v) is 11.0. The Hall–Kier alpha value is -4.25. The summed E-state index contributed by atoms with van der Waals surface area (Å²) in [5.41, 5.74) is 6.91. The van der Waals surface area contributed by atoms with Gasteiger partial charge in [0.15, 0.2) is 16.6 Å². The first-order chi connectivity index (χ1) is 20.4. The molecule has 212 valence electrons. The maximum Gasteiger partial charge on any atom is 0.271 e. The second kappa shape index (κ2) is 13.6. The molecule has 1 amide bonds. The minimum atomic E-state index is -0.362. The molecule has 0 fully saturated rings. The second-order valence-electron chi connectivity index (χ2n) is 8.89. The van der Waals surface area contributed by atoms with E-state index in [-0.39, 0.29) is 18.3 Å². The van der Waals surface area contributed by atoms with Gasteiger partial charge in [-0.1, -0.05) is 35.9 Å². The monoisotopic (exact) mass is 664 g/mol. The summed E-state index contributed by atoms with van der Waals surface area (Å²) in [6.07, 6.45) is 1.50. The van der Waals surface area contributed by atoms with Crippen LogP contribution in [0.15, 0.2) is 99.9 Å². The van der Waals surface area contributed by atoms with Crippen LogP contribution in [0.5, 0.6) is 11.5 Å². The van der Waals surface area contributed by atoms with Gasteiger partial charge in [-0.3, -0.25) is 4.79 Å². The maximum absolute atomic E-state index is 13.5. The molecule has 0 saturated heterocycles. The largest absolute Gasteiger partial charge is 0.493 e. The molecule has 7 nitrogen and oxygen atoms in total. The summed E-state index contributed by atoms with van der Waals surface area (Å²) >= 11 is 10.9. The van der Waals surface area contributed by atoms with E-state index < -0.39 is 0 Å². The van der Waals surface area contributed by atoms with Gasteiger partial charge in [0.2, 0.25) is 0 Å². The Bertz CT molecular complexity index is 1730. The van der Waals surface area contributed by atoms with Gasteiger partial charge in [0, 0.05) is 37.3 Å². The van der Waals surface area contributed by atoms with E-state index in [1.165, 1.54) is 36.8 Å².